The van der Waals surface area contributed by atoms with Gasteiger partial charge in [-0.25, -0.2) is 0 Å². The van der Waals surface area contributed by atoms with Gasteiger partial charge in [-0.15, -0.1) is 0 Å². The molecule has 0 aromatic carbocycles. The average molecular weight is 276 g/mol. The van der Waals surface area contributed by atoms with Gasteiger partial charge in [-0.05, 0) is 44.9 Å². The molecule has 0 bridgehead atoms. The lowest BCUT2D eigenvalue weighted by atomic mass is 10.1. The van der Waals surface area contributed by atoms with E-state index < -0.39 is 0 Å². The smallest absolute Gasteiger partial charge is 0.306 e. The third-order valence-corrected chi connectivity index (χ3v) is 3.14. The Morgan fingerprint density at radius 2 is 2.00 bits per heavy atom. The van der Waals surface area contributed by atoms with Gasteiger partial charge in [-0.1, -0.05) is 12.0 Å². The van der Waals surface area contributed by atoms with E-state index in [1.54, 1.807) is 0 Å². The average Bonchev–Trinajstić information content (AvgIpc) is 2.24. The molecule has 2 nitrogen and oxygen atoms in total. The Morgan fingerprint density at radius 3 is 2.59 bits per heavy atom. The molecule has 0 N–H and O–H groups in total. The number of carbonyl (C=O) groups excluding carboxylic acids is 1. The highest BCUT2D eigenvalue weighted by molar-refractivity contribution is 7.81. The molecule has 0 aliphatic heterocycles. The number of unbranched alkanes of at least 4 members (excludes halogenated alkanes) is 1. The summed E-state index contributed by atoms with van der Waals surface area (Å²) in [4.78, 5) is 11.3. The summed E-state index contributed by atoms with van der Waals surface area (Å²) in [5.41, 5.74) is 1.17. The summed E-state index contributed by atoms with van der Waals surface area (Å²) in [6.45, 7) is 4.38. The quantitative estimate of drug-likeness (QED) is 0.291. The summed E-state index contributed by atoms with van der Waals surface area (Å²) < 4.78 is 5.06. The maximum atomic E-state index is 11.3. The minimum absolute atomic E-state index is 0.104. The molecule has 0 amide bonds. The summed E-state index contributed by atoms with van der Waals surface area (Å²) in [5, 5.41) is 0.411. The van der Waals surface area contributed by atoms with E-state index >= 15 is 0 Å². The number of allylic oxidation sites excluding steroid dienone is 1. The summed E-state index contributed by atoms with van der Waals surface area (Å²) >= 11 is 8.60. The Balaban J connectivity index is 3.42. The Hall–Kier alpha value is -0.0900. The molecule has 0 spiro atoms. The summed E-state index contributed by atoms with van der Waals surface area (Å²) in [7, 11) is 0. The van der Waals surface area contributed by atoms with E-state index in [-0.39, 0.29) is 5.97 Å². The van der Waals surface area contributed by atoms with Crippen LogP contribution in [0.2, 0.25) is 0 Å². The third-order valence-electron chi connectivity index (χ3n) is 2.37. The first-order chi connectivity index (χ1) is 8.06. The molecule has 0 aliphatic carbocycles. The van der Waals surface area contributed by atoms with Crippen LogP contribution in [0.5, 0.6) is 0 Å². The van der Waals surface area contributed by atoms with Crippen LogP contribution in [0.1, 0.15) is 46.0 Å². The Kier molecular flexibility index (Phi) is 11.0. The molecule has 0 unspecified atom stereocenters. The first-order valence-electron chi connectivity index (χ1n) is 6.14. The van der Waals surface area contributed by atoms with Crippen molar-refractivity contribution >= 4 is 31.2 Å². The number of hydrogen-bond donors (Lipinski definition) is 2. The fourth-order valence-electron chi connectivity index (χ4n) is 1.32. The van der Waals surface area contributed by atoms with Crippen molar-refractivity contribution in [3.63, 3.8) is 0 Å². The van der Waals surface area contributed by atoms with E-state index in [9.17, 15) is 4.79 Å². The fraction of sp³-hybridized carbons (Fsp3) is 0.769. The van der Waals surface area contributed by atoms with Crippen LogP contribution in [-0.2, 0) is 9.53 Å². The van der Waals surface area contributed by atoms with Crippen LogP contribution in [0.25, 0.3) is 0 Å². The molecule has 0 radical (unpaired) electrons. The molecule has 4 heteroatoms. The molecule has 0 saturated carbocycles. The van der Waals surface area contributed by atoms with Crippen molar-refractivity contribution in [1.29, 1.82) is 0 Å². The van der Waals surface area contributed by atoms with Crippen molar-refractivity contribution in [2.24, 2.45) is 0 Å². The van der Waals surface area contributed by atoms with Crippen LogP contribution in [0.4, 0.5) is 0 Å². The number of esters is 1. The maximum Gasteiger partial charge on any atom is 0.306 e. The first-order valence-corrected chi connectivity index (χ1v) is 7.29. The van der Waals surface area contributed by atoms with E-state index in [1.165, 1.54) is 5.57 Å². The zero-order valence-electron chi connectivity index (χ0n) is 10.8. The van der Waals surface area contributed by atoms with Gasteiger partial charge in [0.2, 0.25) is 0 Å². The van der Waals surface area contributed by atoms with Gasteiger partial charge in [-0.3, -0.25) is 4.79 Å². The van der Waals surface area contributed by atoms with Crippen LogP contribution in [0.3, 0.4) is 0 Å². The van der Waals surface area contributed by atoms with Crippen LogP contribution in [0, 0.1) is 0 Å². The van der Waals surface area contributed by atoms with Gasteiger partial charge in [0.1, 0.15) is 6.61 Å². The summed E-state index contributed by atoms with van der Waals surface area (Å²) in [6, 6.07) is 0. The second-order valence-corrected chi connectivity index (χ2v) is 5.55. The molecular formula is C13H24O2S2. The second kappa shape index (κ2) is 11.0. The highest BCUT2D eigenvalue weighted by Gasteiger charge is 2.04. The predicted molar refractivity (Wildman–Crippen MR) is 80.1 cm³/mol. The molecule has 100 valence electrons. The summed E-state index contributed by atoms with van der Waals surface area (Å²) in [6.07, 6.45) is 6.41. The highest BCUT2D eigenvalue weighted by Crippen LogP contribution is 2.12. The minimum atomic E-state index is -0.104. The lowest BCUT2D eigenvalue weighted by molar-refractivity contribution is -0.142. The number of carbonyl (C=O) groups is 1. The topological polar surface area (TPSA) is 26.3 Å². The maximum absolute atomic E-state index is 11.3. The molecule has 0 saturated heterocycles. The van der Waals surface area contributed by atoms with Crippen molar-refractivity contribution in [2.45, 2.75) is 51.2 Å². The number of rotatable bonds is 9. The molecule has 0 rings (SSSR count). The monoisotopic (exact) mass is 276 g/mol. The molecule has 0 fully saturated rings. The van der Waals surface area contributed by atoms with Crippen molar-refractivity contribution in [1.82, 2.24) is 0 Å². The van der Waals surface area contributed by atoms with Crippen LogP contribution < -0.4 is 0 Å². The molecule has 0 aromatic heterocycles. The Bertz CT molecular complexity index is 236. The Labute approximate surface area is 116 Å². The predicted octanol–water partition coefficient (Wildman–Crippen LogP) is 3.67. The highest BCUT2D eigenvalue weighted by atomic mass is 32.1. The largest absolute Gasteiger partial charge is 0.461 e. The van der Waals surface area contributed by atoms with Crippen molar-refractivity contribution in [3.05, 3.63) is 11.6 Å². The van der Waals surface area contributed by atoms with Crippen LogP contribution >= 0.6 is 25.3 Å². The zero-order valence-corrected chi connectivity index (χ0v) is 12.6. The van der Waals surface area contributed by atoms with Gasteiger partial charge < -0.3 is 4.74 Å². The van der Waals surface area contributed by atoms with Crippen LogP contribution in [0.15, 0.2) is 11.6 Å². The van der Waals surface area contributed by atoms with Gasteiger partial charge in [-0.2, -0.15) is 25.3 Å². The van der Waals surface area contributed by atoms with Crippen LogP contribution in [-0.4, -0.2) is 23.6 Å². The first kappa shape index (κ1) is 16.9. The lowest BCUT2D eigenvalue weighted by Gasteiger charge is -2.08. The van der Waals surface area contributed by atoms with E-state index in [2.05, 4.69) is 25.3 Å². The molecule has 0 heterocycles. The zero-order chi connectivity index (χ0) is 13.1. The van der Waals surface area contributed by atoms with Gasteiger partial charge in [0.05, 0.1) is 0 Å². The number of thiol groups is 2. The number of ether oxygens (including phenoxy) is 1. The minimum Gasteiger partial charge on any atom is -0.461 e. The van der Waals surface area contributed by atoms with E-state index in [1.807, 2.05) is 19.9 Å². The summed E-state index contributed by atoms with van der Waals surface area (Å²) in [5.74, 6) is 0.770. The standard InChI is InChI=1S/C13H24O2S2/c1-11(2)7-9-15-13(14)6-4-3-5-12(17)8-10-16/h7,12,16-17H,3-6,8-10H2,1-2H3/t12-/m1/s1. The van der Waals surface area contributed by atoms with E-state index in [0.29, 0.717) is 18.3 Å². The van der Waals surface area contributed by atoms with Crippen molar-refractivity contribution in [2.75, 3.05) is 12.4 Å². The van der Waals surface area contributed by atoms with Gasteiger partial charge in [0.25, 0.3) is 0 Å². The Morgan fingerprint density at radius 1 is 1.29 bits per heavy atom. The fourth-order valence-corrected chi connectivity index (χ4v) is 2.14. The number of hydrogen-bond acceptors (Lipinski definition) is 4. The lowest BCUT2D eigenvalue weighted by Crippen LogP contribution is -2.05. The van der Waals surface area contributed by atoms with Crippen molar-refractivity contribution < 1.29 is 9.53 Å². The third kappa shape index (κ3) is 12.2. The molecular weight excluding hydrogens is 252 g/mol. The van der Waals surface area contributed by atoms with Gasteiger partial charge in [0, 0.05) is 11.7 Å². The molecule has 17 heavy (non-hydrogen) atoms. The SMILES string of the molecule is CC(C)=CCOC(=O)CCCC[C@@H](S)CCS. The molecule has 1 atom stereocenters. The van der Waals surface area contributed by atoms with Crippen molar-refractivity contribution in [3.8, 4) is 0 Å². The van der Waals surface area contributed by atoms with E-state index in [4.69, 9.17) is 4.74 Å². The normalized spacial score (nSPS) is 12.0. The molecule has 0 aliphatic rings. The van der Waals surface area contributed by atoms with Gasteiger partial charge >= 0.3 is 5.97 Å². The molecule has 0 aromatic rings. The van der Waals surface area contributed by atoms with Gasteiger partial charge in [0.15, 0.2) is 0 Å². The van der Waals surface area contributed by atoms with E-state index in [0.717, 1.165) is 31.4 Å². The second-order valence-electron chi connectivity index (χ2n) is 4.38.